The molecule has 104 valence electrons. The fourth-order valence-corrected chi connectivity index (χ4v) is 2.99. The Morgan fingerprint density at radius 2 is 2.26 bits per heavy atom. The molecular weight excluding hydrogens is 304 g/mol. The molecule has 1 aromatic carbocycles. The van der Waals surface area contributed by atoms with Crippen molar-refractivity contribution in [2.45, 2.75) is 45.1 Å². The first-order valence-electron chi connectivity index (χ1n) is 6.96. The Hall–Kier alpha value is -1.03. The number of nitrogens with two attached hydrogens (primary N) is 1. The molecule has 0 radical (unpaired) electrons. The summed E-state index contributed by atoms with van der Waals surface area (Å²) in [6.45, 7) is 2.23. The van der Waals surface area contributed by atoms with Gasteiger partial charge in [0.2, 0.25) is 0 Å². The minimum absolute atomic E-state index is 0.0130. The zero-order valence-electron chi connectivity index (χ0n) is 11.3. The van der Waals surface area contributed by atoms with Crippen molar-refractivity contribution in [3.8, 4) is 0 Å². The maximum atomic E-state index is 12.2. The van der Waals surface area contributed by atoms with E-state index in [1.165, 1.54) is 19.3 Å². The normalized spacial score (nSPS) is 23.1. The lowest BCUT2D eigenvalue weighted by atomic mass is 9.84. The van der Waals surface area contributed by atoms with Gasteiger partial charge in [-0.1, -0.05) is 26.2 Å². The van der Waals surface area contributed by atoms with E-state index in [0.717, 1.165) is 23.2 Å². The van der Waals surface area contributed by atoms with Crippen LogP contribution in [0.5, 0.6) is 0 Å². The van der Waals surface area contributed by atoms with Crippen molar-refractivity contribution in [1.82, 2.24) is 5.32 Å². The molecule has 19 heavy (non-hydrogen) atoms. The van der Waals surface area contributed by atoms with Crippen LogP contribution in [0.4, 0.5) is 5.69 Å². The van der Waals surface area contributed by atoms with Crippen molar-refractivity contribution >= 4 is 27.5 Å². The SMILES string of the molecule is CCC1CCCC(NC(=O)c2ccc(Br)c(N)c2)C1. The van der Waals surface area contributed by atoms with E-state index in [2.05, 4.69) is 28.2 Å². The molecule has 3 N–H and O–H groups in total. The quantitative estimate of drug-likeness (QED) is 0.832. The summed E-state index contributed by atoms with van der Waals surface area (Å²) < 4.78 is 0.827. The lowest BCUT2D eigenvalue weighted by Crippen LogP contribution is -2.38. The molecule has 0 heterocycles. The van der Waals surface area contributed by atoms with Crippen molar-refractivity contribution in [2.24, 2.45) is 5.92 Å². The lowest BCUT2D eigenvalue weighted by molar-refractivity contribution is 0.0919. The van der Waals surface area contributed by atoms with Crippen LogP contribution >= 0.6 is 15.9 Å². The monoisotopic (exact) mass is 324 g/mol. The molecule has 2 rings (SSSR count). The molecule has 2 unspecified atom stereocenters. The minimum atomic E-state index is -0.0130. The second-order valence-electron chi connectivity index (χ2n) is 5.35. The van der Waals surface area contributed by atoms with Gasteiger partial charge in [-0.2, -0.15) is 0 Å². The van der Waals surface area contributed by atoms with Gasteiger partial charge in [0.25, 0.3) is 5.91 Å². The van der Waals surface area contributed by atoms with Gasteiger partial charge in [-0.25, -0.2) is 0 Å². The number of halogens is 1. The van der Waals surface area contributed by atoms with Crippen LogP contribution in [0.1, 0.15) is 49.4 Å². The number of rotatable bonds is 3. The van der Waals surface area contributed by atoms with Gasteiger partial charge in [-0.3, -0.25) is 4.79 Å². The molecule has 0 aromatic heterocycles. The molecule has 1 fully saturated rings. The predicted molar refractivity (Wildman–Crippen MR) is 82.1 cm³/mol. The van der Waals surface area contributed by atoms with Crippen molar-refractivity contribution < 1.29 is 4.79 Å². The Morgan fingerprint density at radius 3 is 2.95 bits per heavy atom. The highest BCUT2D eigenvalue weighted by Crippen LogP contribution is 2.27. The van der Waals surface area contributed by atoms with E-state index in [1.54, 1.807) is 12.1 Å². The average Bonchev–Trinajstić information content (AvgIpc) is 2.42. The van der Waals surface area contributed by atoms with Crippen LogP contribution in [0.25, 0.3) is 0 Å². The van der Waals surface area contributed by atoms with E-state index < -0.39 is 0 Å². The highest BCUT2D eigenvalue weighted by atomic mass is 79.9. The summed E-state index contributed by atoms with van der Waals surface area (Å²) in [5.74, 6) is 0.745. The van der Waals surface area contributed by atoms with Gasteiger partial charge in [-0.05, 0) is 52.9 Å². The van der Waals surface area contributed by atoms with Crippen LogP contribution in [0.3, 0.4) is 0 Å². The summed E-state index contributed by atoms with van der Waals surface area (Å²) in [4.78, 5) is 12.2. The second kappa shape index (κ2) is 6.42. The first-order valence-corrected chi connectivity index (χ1v) is 7.75. The molecule has 0 spiro atoms. The van der Waals surface area contributed by atoms with E-state index in [9.17, 15) is 4.79 Å². The van der Waals surface area contributed by atoms with Crippen LogP contribution in [0, 0.1) is 5.92 Å². The van der Waals surface area contributed by atoms with Gasteiger partial charge in [0.1, 0.15) is 0 Å². The standard InChI is InChI=1S/C15H21BrN2O/c1-2-10-4-3-5-12(8-10)18-15(19)11-6-7-13(16)14(17)9-11/h6-7,9-10,12H,2-5,8,17H2,1H3,(H,18,19). The Kier molecular flexibility index (Phi) is 4.86. The van der Waals surface area contributed by atoms with E-state index in [-0.39, 0.29) is 5.91 Å². The number of hydrogen-bond donors (Lipinski definition) is 2. The van der Waals surface area contributed by atoms with Crippen molar-refractivity contribution in [3.05, 3.63) is 28.2 Å². The molecule has 0 bridgehead atoms. The maximum Gasteiger partial charge on any atom is 0.251 e. The number of amides is 1. The molecule has 1 amide bonds. The highest BCUT2D eigenvalue weighted by Gasteiger charge is 2.22. The van der Waals surface area contributed by atoms with E-state index in [4.69, 9.17) is 5.73 Å². The molecule has 1 saturated carbocycles. The van der Waals surface area contributed by atoms with Crippen LogP contribution in [0.2, 0.25) is 0 Å². The molecule has 0 saturated heterocycles. The number of benzene rings is 1. The number of anilines is 1. The fourth-order valence-electron chi connectivity index (χ4n) is 2.75. The summed E-state index contributed by atoms with van der Waals surface area (Å²) in [6, 6.07) is 5.66. The van der Waals surface area contributed by atoms with Gasteiger partial charge in [0.15, 0.2) is 0 Å². The van der Waals surface area contributed by atoms with Gasteiger partial charge in [0.05, 0.1) is 0 Å². The lowest BCUT2D eigenvalue weighted by Gasteiger charge is -2.29. The number of carbonyl (C=O) groups excluding carboxylic acids is 1. The number of hydrogen-bond acceptors (Lipinski definition) is 2. The fraction of sp³-hybridized carbons (Fsp3) is 0.533. The number of carbonyl (C=O) groups is 1. The van der Waals surface area contributed by atoms with Gasteiger partial charge in [-0.15, -0.1) is 0 Å². The summed E-state index contributed by atoms with van der Waals surface area (Å²) in [7, 11) is 0. The molecule has 1 aromatic rings. The molecule has 3 nitrogen and oxygen atoms in total. The van der Waals surface area contributed by atoms with Crippen LogP contribution < -0.4 is 11.1 Å². The molecule has 2 atom stereocenters. The largest absolute Gasteiger partial charge is 0.398 e. The first kappa shape index (κ1) is 14.4. The zero-order valence-corrected chi connectivity index (χ0v) is 12.9. The third kappa shape index (κ3) is 3.72. The van der Waals surface area contributed by atoms with E-state index >= 15 is 0 Å². The number of nitrogen functional groups attached to an aromatic ring is 1. The van der Waals surface area contributed by atoms with Crippen molar-refractivity contribution in [1.29, 1.82) is 0 Å². The van der Waals surface area contributed by atoms with Crippen molar-refractivity contribution in [2.75, 3.05) is 5.73 Å². The Morgan fingerprint density at radius 1 is 1.47 bits per heavy atom. The summed E-state index contributed by atoms with van der Waals surface area (Å²) in [6.07, 6.45) is 5.92. The van der Waals surface area contributed by atoms with Gasteiger partial charge >= 0.3 is 0 Å². The second-order valence-corrected chi connectivity index (χ2v) is 6.20. The Balaban J connectivity index is 1.98. The van der Waals surface area contributed by atoms with Crippen LogP contribution in [-0.4, -0.2) is 11.9 Å². The zero-order chi connectivity index (χ0) is 13.8. The van der Waals surface area contributed by atoms with E-state index in [0.29, 0.717) is 17.3 Å². The summed E-state index contributed by atoms with van der Waals surface area (Å²) >= 11 is 3.34. The Labute approximate surface area is 123 Å². The predicted octanol–water partition coefficient (Wildman–Crippen LogP) is 3.73. The maximum absolute atomic E-state index is 12.2. The highest BCUT2D eigenvalue weighted by molar-refractivity contribution is 9.10. The molecule has 1 aliphatic carbocycles. The van der Waals surface area contributed by atoms with Gasteiger partial charge in [0, 0.05) is 21.8 Å². The van der Waals surface area contributed by atoms with Crippen LogP contribution in [0.15, 0.2) is 22.7 Å². The third-order valence-corrected chi connectivity index (χ3v) is 4.68. The minimum Gasteiger partial charge on any atom is -0.398 e. The molecule has 4 heteroatoms. The first-order chi connectivity index (χ1) is 9.10. The smallest absolute Gasteiger partial charge is 0.251 e. The average molecular weight is 325 g/mol. The van der Waals surface area contributed by atoms with E-state index in [1.807, 2.05) is 6.07 Å². The molecule has 0 aliphatic heterocycles. The third-order valence-electron chi connectivity index (χ3n) is 3.95. The topological polar surface area (TPSA) is 55.1 Å². The number of nitrogens with one attached hydrogen (secondary N) is 1. The molecule has 1 aliphatic rings. The van der Waals surface area contributed by atoms with Crippen LogP contribution in [-0.2, 0) is 0 Å². The summed E-state index contributed by atoms with van der Waals surface area (Å²) in [5.41, 5.74) is 7.05. The Bertz CT molecular complexity index is 461. The summed E-state index contributed by atoms with van der Waals surface area (Å²) in [5, 5.41) is 3.14. The van der Waals surface area contributed by atoms with Crippen molar-refractivity contribution in [3.63, 3.8) is 0 Å². The van der Waals surface area contributed by atoms with Gasteiger partial charge < -0.3 is 11.1 Å². The molecular formula is C15H21BrN2O.